The van der Waals surface area contributed by atoms with E-state index in [1.54, 1.807) is 5.01 Å². The molecule has 0 bridgehead atoms. The summed E-state index contributed by atoms with van der Waals surface area (Å²) in [6.45, 7) is 0.870. The van der Waals surface area contributed by atoms with Crippen LogP contribution in [0.3, 0.4) is 0 Å². The van der Waals surface area contributed by atoms with E-state index in [1.807, 2.05) is 0 Å². The molecule has 2 unspecified atom stereocenters. The van der Waals surface area contributed by atoms with Gasteiger partial charge in [0, 0.05) is 12.6 Å². The highest BCUT2D eigenvalue weighted by molar-refractivity contribution is 7.80. The highest BCUT2D eigenvalue weighted by Crippen LogP contribution is 2.14. The van der Waals surface area contributed by atoms with Crippen molar-refractivity contribution in [1.29, 1.82) is 0 Å². The molecule has 0 aromatic carbocycles. The van der Waals surface area contributed by atoms with Gasteiger partial charge in [0.15, 0.2) is 0 Å². The van der Waals surface area contributed by atoms with Crippen LogP contribution in [0.25, 0.3) is 0 Å². The molecule has 2 atom stereocenters. The van der Waals surface area contributed by atoms with Crippen molar-refractivity contribution in [2.24, 2.45) is 11.6 Å². The van der Waals surface area contributed by atoms with Gasteiger partial charge >= 0.3 is 0 Å². The van der Waals surface area contributed by atoms with Gasteiger partial charge in [-0.25, -0.2) is 5.01 Å². The fourth-order valence-corrected chi connectivity index (χ4v) is 1.09. The zero-order chi connectivity index (χ0) is 6.15. The van der Waals surface area contributed by atoms with Crippen molar-refractivity contribution in [3.05, 3.63) is 0 Å². The number of nitrogens with two attached hydrogens (primary N) is 2. The summed E-state index contributed by atoms with van der Waals surface area (Å²) in [5.74, 6) is 5.45. The Morgan fingerprint density at radius 3 is 2.38 bits per heavy atom. The maximum atomic E-state index is 5.57. The first-order chi connectivity index (χ1) is 3.72. The van der Waals surface area contributed by atoms with Crippen molar-refractivity contribution in [3.63, 3.8) is 0 Å². The molecule has 0 aliphatic carbocycles. The lowest BCUT2D eigenvalue weighted by atomic mass is 10.3. The largest absolute Gasteiger partial charge is 0.326 e. The van der Waals surface area contributed by atoms with Crippen LogP contribution in [-0.4, -0.2) is 23.0 Å². The summed E-state index contributed by atoms with van der Waals surface area (Å²) in [6, 6.07) is 0.156. The predicted molar refractivity (Wildman–Crippen MR) is 36.3 cm³/mol. The van der Waals surface area contributed by atoms with Crippen molar-refractivity contribution >= 4 is 12.6 Å². The summed E-state index contributed by atoms with van der Waals surface area (Å²) in [5, 5.41) is 1.73. The second kappa shape index (κ2) is 2.23. The SMILES string of the molecule is NC1CCN(N)C1S. The molecule has 1 fully saturated rings. The molecule has 48 valence electrons. The topological polar surface area (TPSA) is 55.3 Å². The molecule has 1 aliphatic rings. The van der Waals surface area contributed by atoms with Crippen LogP contribution in [0, 0.1) is 0 Å². The molecule has 3 nitrogen and oxygen atoms in total. The van der Waals surface area contributed by atoms with E-state index in [-0.39, 0.29) is 11.4 Å². The molecule has 1 aliphatic heterocycles. The Kier molecular flexibility index (Phi) is 1.77. The fraction of sp³-hybridized carbons (Fsp3) is 1.00. The molecule has 0 aromatic rings. The maximum Gasteiger partial charge on any atom is 0.0816 e. The summed E-state index contributed by atoms with van der Waals surface area (Å²) in [6.07, 6.45) is 0.963. The first kappa shape index (κ1) is 6.35. The van der Waals surface area contributed by atoms with Crippen LogP contribution in [-0.2, 0) is 0 Å². The average Bonchev–Trinajstić information content (AvgIpc) is 1.98. The van der Waals surface area contributed by atoms with E-state index in [9.17, 15) is 0 Å². The van der Waals surface area contributed by atoms with Gasteiger partial charge < -0.3 is 5.73 Å². The van der Waals surface area contributed by atoms with E-state index in [4.69, 9.17) is 11.6 Å². The highest BCUT2D eigenvalue weighted by atomic mass is 32.1. The third-order valence-corrected chi connectivity index (χ3v) is 2.12. The van der Waals surface area contributed by atoms with Crippen LogP contribution in [0.5, 0.6) is 0 Å². The van der Waals surface area contributed by atoms with Crippen molar-refractivity contribution in [1.82, 2.24) is 5.01 Å². The maximum absolute atomic E-state index is 5.57. The second-order valence-electron chi connectivity index (χ2n) is 2.10. The van der Waals surface area contributed by atoms with Gasteiger partial charge in [0.05, 0.1) is 5.37 Å². The summed E-state index contributed by atoms with van der Waals surface area (Å²) in [4.78, 5) is 0. The minimum Gasteiger partial charge on any atom is -0.326 e. The highest BCUT2D eigenvalue weighted by Gasteiger charge is 2.25. The average molecular weight is 133 g/mol. The molecule has 1 heterocycles. The first-order valence-electron chi connectivity index (χ1n) is 2.67. The van der Waals surface area contributed by atoms with E-state index in [0.29, 0.717) is 0 Å². The Morgan fingerprint density at radius 2 is 2.25 bits per heavy atom. The number of rotatable bonds is 0. The fourth-order valence-electron chi connectivity index (χ4n) is 0.825. The first-order valence-corrected chi connectivity index (χ1v) is 3.18. The Bertz CT molecular complexity index is 77.4. The quantitative estimate of drug-likeness (QED) is 0.298. The Labute approximate surface area is 54.4 Å². The molecule has 0 amide bonds. The third kappa shape index (κ3) is 0.974. The lowest BCUT2D eigenvalue weighted by molar-refractivity contribution is 0.326. The smallest absolute Gasteiger partial charge is 0.0816 e. The summed E-state index contributed by atoms with van der Waals surface area (Å²) in [7, 11) is 0. The van der Waals surface area contributed by atoms with Gasteiger partial charge in [0.2, 0.25) is 0 Å². The molecule has 0 aromatic heterocycles. The van der Waals surface area contributed by atoms with E-state index in [1.165, 1.54) is 0 Å². The van der Waals surface area contributed by atoms with Gasteiger partial charge in [0.25, 0.3) is 0 Å². The Hall–Kier alpha value is 0.230. The Morgan fingerprint density at radius 1 is 1.62 bits per heavy atom. The van der Waals surface area contributed by atoms with Crippen LogP contribution >= 0.6 is 12.6 Å². The predicted octanol–water partition coefficient (Wildman–Crippen LogP) is -0.851. The van der Waals surface area contributed by atoms with Gasteiger partial charge in [-0.05, 0) is 6.42 Å². The zero-order valence-electron chi connectivity index (χ0n) is 4.62. The molecular formula is C4H11N3S. The standard InChI is InChI=1S/C4H11N3S/c5-3-1-2-7(6)4(3)8/h3-4,8H,1-2,5-6H2. The van der Waals surface area contributed by atoms with Crippen LogP contribution in [0.15, 0.2) is 0 Å². The summed E-state index contributed by atoms with van der Waals surface area (Å²) < 4.78 is 0. The zero-order valence-corrected chi connectivity index (χ0v) is 5.51. The van der Waals surface area contributed by atoms with Crippen molar-refractivity contribution in [3.8, 4) is 0 Å². The van der Waals surface area contributed by atoms with E-state index >= 15 is 0 Å². The molecular weight excluding hydrogens is 122 g/mol. The van der Waals surface area contributed by atoms with Gasteiger partial charge in [-0.3, -0.25) is 5.84 Å². The third-order valence-electron chi connectivity index (χ3n) is 1.44. The van der Waals surface area contributed by atoms with E-state index in [2.05, 4.69) is 12.6 Å². The second-order valence-corrected chi connectivity index (χ2v) is 2.63. The van der Waals surface area contributed by atoms with Gasteiger partial charge in [-0.15, -0.1) is 0 Å². The normalized spacial score (nSPS) is 40.9. The molecule has 0 saturated carbocycles. The van der Waals surface area contributed by atoms with Crippen molar-refractivity contribution in [2.75, 3.05) is 6.54 Å². The van der Waals surface area contributed by atoms with E-state index in [0.717, 1.165) is 13.0 Å². The molecule has 4 heteroatoms. The number of hydrogen-bond acceptors (Lipinski definition) is 4. The summed E-state index contributed by atoms with van der Waals surface area (Å²) in [5.41, 5.74) is 5.57. The van der Waals surface area contributed by atoms with Crippen molar-refractivity contribution < 1.29 is 0 Å². The Balaban J connectivity index is 2.44. The number of nitrogens with zero attached hydrogens (tertiary/aromatic N) is 1. The van der Waals surface area contributed by atoms with Crippen molar-refractivity contribution in [2.45, 2.75) is 17.8 Å². The molecule has 4 N–H and O–H groups in total. The van der Waals surface area contributed by atoms with E-state index < -0.39 is 0 Å². The summed E-state index contributed by atoms with van der Waals surface area (Å²) >= 11 is 4.16. The van der Waals surface area contributed by atoms with Gasteiger partial charge in [-0.1, -0.05) is 0 Å². The number of hydrogen-bond donors (Lipinski definition) is 3. The molecule has 0 radical (unpaired) electrons. The minimum absolute atomic E-state index is 0.0648. The molecule has 1 rings (SSSR count). The van der Waals surface area contributed by atoms with Crippen LogP contribution in [0.4, 0.5) is 0 Å². The number of thiol groups is 1. The molecule has 8 heavy (non-hydrogen) atoms. The molecule has 0 spiro atoms. The van der Waals surface area contributed by atoms with Gasteiger partial charge in [-0.2, -0.15) is 12.6 Å². The number of hydrazine groups is 1. The monoisotopic (exact) mass is 133 g/mol. The van der Waals surface area contributed by atoms with Gasteiger partial charge in [0.1, 0.15) is 0 Å². The lowest BCUT2D eigenvalue weighted by Crippen LogP contribution is -2.39. The van der Waals surface area contributed by atoms with Crippen LogP contribution < -0.4 is 11.6 Å². The van der Waals surface area contributed by atoms with Crippen LogP contribution in [0.1, 0.15) is 6.42 Å². The molecule has 1 saturated heterocycles. The minimum atomic E-state index is 0.0648. The lowest BCUT2D eigenvalue weighted by Gasteiger charge is -2.14. The van der Waals surface area contributed by atoms with Crippen LogP contribution in [0.2, 0.25) is 0 Å².